The van der Waals surface area contributed by atoms with Gasteiger partial charge in [-0.15, -0.1) is 5.10 Å². The molecule has 0 aliphatic carbocycles. The van der Waals surface area contributed by atoms with Gasteiger partial charge in [0.2, 0.25) is 6.33 Å². The summed E-state index contributed by atoms with van der Waals surface area (Å²) >= 11 is 0. The van der Waals surface area contributed by atoms with Crippen LogP contribution in [-0.4, -0.2) is 15.3 Å². The second-order valence-corrected chi connectivity index (χ2v) is 4.71. The molecule has 0 spiro atoms. The number of nitrogens with one attached hydrogen (secondary N) is 2. The van der Waals surface area contributed by atoms with Crippen molar-refractivity contribution in [1.82, 2.24) is 10.2 Å². The Bertz CT molecular complexity index is 777. The fraction of sp³-hybridized carbons (Fsp3) is 0.0667. The van der Waals surface area contributed by atoms with Crippen molar-refractivity contribution in [2.24, 2.45) is 17.3 Å². The van der Waals surface area contributed by atoms with Crippen molar-refractivity contribution in [1.29, 1.82) is 0 Å². The SMILES string of the molecule is C[n+]1cn[nH]c1N=Nc1ccc(Nc2ccc(O)cc2)cc1. The predicted octanol–water partition coefficient (Wildman–Crippen LogP) is 3.10. The largest absolute Gasteiger partial charge is 0.508 e. The standard InChI is InChI=1S/C15H14N6O/c1-21-10-16-19-15(21)20-18-13-4-2-11(3-5-13)17-12-6-8-14(22)9-7-12/h2-10H,1H3,(H2,17,18,19,20,22)/p+1. The van der Waals surface area contributed by atoms with Crippen molar-refractivity contribution >= 4 is 23.0 Å². The quantitative estimate of drug-likeness (QED) is 0.392. The van der Waals surface area contributed by atoms with Gasteiger partial charge in [-0.1, -0.05) is 5.11 Å². The van der Waals surface area contributed by atoms with E-state index < -0.39 is 0 Å². The van der Waals surface area contributed by atoms with Gasteiger partial charge in [0.15, 0.2) is 0 Å². The highest BCUT2D eigenvalue weighted by Crippen LogP contribution is 2.22. The zero-order chi connectivity index (χ0) is 15.4. The van der Waals surface area contributed by atoms with Crippen LogP contribution in [0.5, 0.6) is 5.75 Å². The number of aromatic nitrogens is 3. The first-order valence-electron chi connectivity index (χ1n) is 6.67. The van der Waals surface area contributed by atoms with E-state index in [1.807, 2.05) is 31.3 Å². The van der Waals surface area contributed by atoms with Gasteiger partial charge in [0.05, 0.1) is 12.7 Å². The van der Waals surface area contributed by atoms with E-state index in [0.29, 0.717) is 5.95 Å². The summed E-state index contributed by atoms with van der Waals surface area (Å²) in [6, 6.07) is 14.4. The van der Waals surface area contributed by atoms with Crippen molar-refractivity contribution in [3.05, 3.63) is 54.9 Å². The minimum atomic E-state index is 0.244. The van der Waals surface area contributed by atoms with Gasteiger partial charge in [0.25, 0.3) is 0 Å². The number of phenols is 1. The fourth-order valence-corrected chi connectivity index (χ4v) is 1.83. The first kappa shape index (κ1) is 13.7. The number of aryl methyl sites for hydroxylation is 1. The number of azo groups is 1. The van der Waals surface area contributed by atoms with E-state index in [1.165, 1.54) is 0 Å². The average molecular weight is 295 g/mol. The first-order chi connectivity index (χ1) is 10.7. The summed E-state index contributed by atoms with van der Waals surface area (Å²) < 4.78 is 1.74. The maximum Gasteiger partial charge on any atom is 0.401 e. The normalized spacial score (nSPS) is 11.0. The van der Waals surface area contributed by atoms with Crippen LogP contribution in [-0.2, 0) is 7.05 Å². The van der Waals surface area contributed by atoms with Crippen LogP contribution in [0, 0.1) is 0 Å². The number of rotatable bonds is 4. The lowest BCUT2D eigenvalue weighted by Crippen LogP contribution is -2.24. The summed E-state index contributed by atoms with van der Waals surface area (Å²) in [6.45, 7) is 0. The Morgan fingerprint density at radius 2 is 1.64 bits per heavy atom. The first-order valence-corrected chi connectivity index (χ1v) is 6.67. The molecule has 0 amide bonds. The van der Waals surface area contributed by atoms with E-state index in [4.69, 9.17) is 0 Å². The summed E-state index contributed by atoms with van der Waals surface area (Å²) in [5.41, 5.74) is 2.57. The van der Waals surface area contributed by atoms with Crippen LogP contribution in [0.4, 0.5) is 23.0 Å². The van der Waals surface area contributed by atoms with E-state index in [-0.39, 0.29) is 5.75 Å². The lowest BCUT2D eigenvalue weighted by Gasteiger charge is -2.06. The topological polar surface area (TPSA) is 89.5 Å². The van der Waals surface area contributed by atoms with E-state index in [1.54, 1.807) is 35.2 Å². The maximum absolute atomic E-state index is 9.26. The number of anilines is 2. The summed E-state index contributed by atoms with van der Waals surface area (Å²) in [7, 11) is 1.84. The van der Waals surface area contributed by atoms with Crippen molar-refractivity contribution in [3.8, 4) is 5.75 Å². The minimum absolute atomic E-state index is 0.244. The van der Waals surface area contributed by atoms with Gasteiger partial charge >= 0.3 is 5.95 Å². The van der Waals surface area contributed by atoms with Gasteiger partial charge in [-0.25, -0.2) is 4.57 Å². The lowest BCUT2D eigenvalue weighted by molar-refractivity contribution is -0.658. The Morgan fingerprint density at radius 3 is 2.23 bits per heavy atom. The number of hydrogen-bond acceptors (Lipinski definition) is 5. The van der Waals surface area contributed by atoms with Crippen LogP contribution in [0.2, 0.25) is 0 Å². The van der Waals surface area contributed by atoms with Crippen LogP contribution < -0.4 is 9.88 Å². The molecule has 0 aliphatic rings. The highest BCUT2D eigenvalue weighted by molar-refractivity contribution is 5.62. The van der Waals surface area contributed by atoms with E-state index in [2.05, 4.69) is 25.7 Å². The van der Waals surface area contributed by atoms with Crippen LogP contribution in [0.25, 0.3) is 0 Å². The molecule has 0 fully saturated rings. The molecule has 0 atom stereocenters. The van der Waals surface area contributed by atoms with E-state index >= 15 is 0 Å². The molecule has 3 aromatic rings. The van der Waals surface area contributed by atoms with Crippen LogP contribution in [0.1, 0.15) is 0 Å². The second-order valence-electron chi connectivity index (χ2n) is 4.71. The molecule has 7 nitrogen and oxygen atoms in total. The second kappa shape index (κ2) is 6.04. The third-order valence-electron chi connectivity index (χ3n) is 3.01. The molecule has 0 radical (unpaired) electrons. The number of hydrogen-bond donors (Lipinski definition) is 3. The third kappa shape index (κ3) is 3.26. The number of H-pyrrole nitrogens is 1. The molecule has 3 N–H and O–H groups in total. The number of aromatic amines is 1. The average Bonchev–Trinajstić information content (AvgIpc) is 2.94. The maximum atomic E-state index is 9.26. The fourth-order valence-electron chi connectivity index (χ4n) is 1.83. The zero-order valence-corrected chi connectivity index (χ0v) is 11.9. The van der Waals surface area contributed by atoms with Crippen molar-refractivity contribution in [3.63, 3.8) is 0 Å². The monoisotopic (exact) mass is 295 g/mol. The number of phenolic OH excluding ortho intramolecular Hbond substituents is 1. The van der Waals surface area contributed by atoms with Crippen molar-refractivity contribution < 1.29 is 9.67 Å². The van der Waals surface area contributed by atoms with Crippen molar-refractivity contribution in [2.45, 2.75) is 0 Å². The van der Waals surface area contributed by atoms with Gasteiger partial charge < -0.3 is 10.4 Å². The molecule has 22 heavy (non-hydrogen) atoms. The highest BCUT2D eigenvalue weighted by Gasteiger charge is 2.05. The molecule has 1 aromatic heterocycles. The predicted molar refractivity (Wildman–Crippen MR) is 81.8 cm³/mol. The molecule has 7 heteroatoms. The molecule has 0 aliphatic heterocycles. The van der Waals surface area contributed by atoms with Crippen LogP contribution >= 0.6 is 0 Å². The molecule has 0 unspecified atom stereocenters. The molecule has 1 heterocycles. The van der Waals surface area contributed by atoms with Gasteiger partial charge in [-0.05, 0) is 53.6 Å². The highest BCUT2D eigenvalue weighted by atomic mass is 16.3. The lowest BCUT2D eigenvalue weighted by atomic mass is 10.2. The molecule has 0 saturated carbocycles. The number of benzene rings is 2. The van der Waals surface area contributed by atoms with Crippen LogP contribution in [0.15, 0.2) is 65.1 Å². The van der Waals surface area contributed by atoms with E-state index in [9.17, 15) is 5.11 Å². The number of nitrogens with zero attached hydrogens (tertiary/aromatic N) is 4. The molecule has 0 bridgehead atoms. The zero-order valence-electron chi connectivity index (χ0n) is 11.9. The smallest absolute Gasteiger partial charge is 0.401 e. The Kier molecular flexibility index (Phi) is 3.78. The Balaban J connectivity index is 1.69. The van der Waals surface area contributed by atoms with Gasteiger partial charge in [0, 0.05) is 16.5 Å². The van der Waals surface area contributed by atoms with E-state index in [0.717, 1.165) is 17.1 Å². The molecule has 3 rings (SSSR count). The van der Waals surface area contributed by atoms with Gasteiger partial charge in [0.1, 0.15) is 5.75 Å². The Morgan fingerprint density at radius 1 is 1.00 bits per heavy atom. The Labute approximate surface area is 127 Å². The summed E-state index contributed by atoms with van der Waals surface area (Å²) in [5, 5.41) is 27.3. The summed E-state index contributed by atoms with van der Waals surface area (Å²) in [6.07, 6.45) is 1.62. The Hall–Kier alpha value is -3.22. The third-order valence-corrected chi connectivity index (χ3v) is 3.01. The van der Waals surface area contributed by atoms with Crippen molar-refractivity contribution in [2.75, 3.05) is 5.32 Å². The van der Waals surface area contributed by atoms with Crippen LogP contribution in [0.3, 0.4) is 0 Å². The molecule has 110 valence electrons. The molecular weight excluding hydrogens is 280 g/mol. The van der Waals surface area contributed by atoms with Gasteiger partial charge in [-0.2, -0.15) is 0 Å². The summed E-state index contributed by atoms with van der Waals surface area (Å²) in [4.78, 5) is 0. The molecule has 0 saturated heterocycles. The summed E-state index contributed by atoms with van der Waals surface area (Å²) in [5.74, 6) is 0.819. The van der Waals surface area contributed by atoms with Gasteiger partial charge in [-0.3, -0.25) is 0 Å². The molecular formula is C15H15N6O+. The minimum Gasteiger partial charge on any atom is -0.508 e. The molecule has 2 aromatic carbocycles. The number of aromatic hydroxyl groups is 1.